The van der Waals surface area contributed by atoms with Crippen LogP contribution in [0.3, 0.4) is 0 Å². The van der Waals surface area contributed by atoms with Gasteiger partial charge in [-0.15, -0.1) is 0 Å². The van der Waals surface area contributed by atoms with Crippen molar-refractivity contribution in [2.75, 3.05) is 26.3 Å². The van der Waals surface area contributed by atoms with Crippen molar-refractivity contribution < 1.29 is 18.7 Å². The molecule has 3 heterocycles. The van der Waals surface area contributed by atoms with Gasteiger partial charge in [-0.3, -0.25) is 9.88 Å². The van der Waals surface area contributed by atoms with E-state index in [-0.39, 0.29) is 5.76 Å². The smallest absolute Gasteiger partial charge is 0.379 e. The normalized spacial score (nSPS) is 15.3. The Kier molecular flexibility index (Phi) is 4.88. The number of halogens is 1. The highest BCUT2D eigenvalue weighted by molar-refractivity contribution is 6.35. The van der Waals surface area contributed by atoms with Crippen molar-refractivity contribution in [1.82, 2.24) is 9.88 Å². The Bertz CT molecular complexity index is 921. The van der Waals surface area contributed by atoms with Gasteiger partial charge in [-0.05, 0) is 30.3 Å². The Morgan fingerprint density at radius 2 is 2.12 bits per heavy atom. The number of aromatic nitrogens is 1. The maximum atomic E-state index is 12.4. The van der Waals surface area contributed by atoms with E-state index in [2.05, 4.69) is 9.88 Å². The Balaban J connectivity index is 1.74. The second-order valence-electron chi connectivity index (χ2n) is 6.00. The molecule has 7 heteroatoms. The zero-order valence-electron chi connectivity index (χ0n) is 14.0. The molecule has 6 nitrogen and oxygen atoms in total. The molecule has 2 aromatic heterocycles. The number of hydrogen-bond donors (Lipinski definition) is 0. The molecule has 3 aromatic rings. The van der Waals surface area contributed by atoms with Crippen molar-refractivity contribution in [1.29, 1.82) is 0 Å². The Morgan fingerprint density at radius 3 is 2.88 bits per heavy atom. The molecule has 1 fully saturated rings. The topological polar surface area (TPSA) is 64.8 Å². The van der Waals surface area contributed by atoms with Gasteiger partial charge in [0, 0.05) is 36.8 Å². The van der Waals surface area contributed by atoms with E-state index in [1.54, 1.807) is 24.4 Å². The molecule has 0 unspecified atom stereocenters. The second kappa shape index (κ2) is 7.45. The number of furan rings is 1. The van der Waals surface area contributed by atoms with Crippen LogP contribution in [0.4, 0.5) is 0 Å². The number of pyridine rings is 1. The average Bonchev–Trinajstić information content (AvgIpc) is 3.20. The highest BCUT2D eigenvalue weighted by Crippen LogP contribution is 2.35. The van der Waals surface area contributed by atoms with E-state index in [4.69, 9.17) is 25.5 Å². The van der Waals surface area contributed by atoms with Crippen molar-refractivity contribution in [3.63, 3.8) is 0 Å². The summed E-state index contributed by atoms with van der Waals surface area (Å²) in [5, 5.41) is 1.32. The maximum Gasteiger partial charge on any atom is 0.379 e. The van der Waals surface area contributed by atoms with Crippen LogP contribution in [0.25, 0.3) is 10.9 Å². The molecule has 26 heavy (non-hydrogen) atoms. The number of carbonyl (C=O) groups is 1. The van der Waals surface area contributed by atoms with Crippen LogP contribution in [0.15, 0.2) is 47.2 Å². The van der Waals surface area contributed by atoms with Crippen molar-refractivity contribution >= 4 is 28.5 Å². The lowest BCUT2D eigenvalue weighted by Crippen LogP contribution is -2.35. The van der Waals surface area contributed by atoms with Crippen molar-refractivity contribution in [2.45, 2.75) is 6.54 Å². The molecule has 0 saturated carbocycles. The van der Waals surface area contributed by atoms with E-state index in [1.807, 2.05) is 12.1 Å². The second-order valence-corrected chi connectivity index (χ2v) is 6.41. The maximum absolute atomic E-state index is 12.4. The van der Waals surface area contributed by atoms with Crippen molar-refractivity contribution in [2.24, 2.45) is 0 Å². The predicted octanol–water partition coefficient (Wildman–Crippen LogP) is 3.53. The van der Waals surface area contributed by atoms with Gasteiger partial charge in [-0.2, -0.15) is 0 Å². The van der Waals surface area contributed by atoms with Gasteiger partial charge in [-0.25, -0.2) is 4.79 Å². The number of fused-ring (bicyclic) bond motifs is 1. The van der Waals surface area contributed by atoms with E-state index in [9.17, 15) is 4.79 Å². The molecule has 1 aliphatic rings. The number of esters is 1. The molecule has 4 rings (SSSR count). The first-order valence-electron chi connectivity index (χ1n) is 8.34. The van der Waals surface area contributed by atoms with Gasteiger partial charge >= 0.3 is 5.97 Å². The number of ether oxygens (including phenoxy) is 2. The minimum Gasteiger partial charge on any atom is -0.457 e. The molecule has 134 valence electrons. The molecular weight excluding hydrogens is 356 g/mol. The SMILES string of the molecule is O=C(Oc1c(CN2CCOCC2)cc(Cl)c2cccnc12)c1ccco1. The number of nitrogens with zero attached hydrogens (tertiary/aromatic N) is 2. The van der Waals surface area contributed by atoms with Crippen LogP contribution in [0, 0.1) is 0 Å². The summed E-state index contributed by atoms with van der Waals surface area (Å²) >= 11 is 6.45. The summed E-state index contributed by atoms with van der Waals surface area (Å²) in [6.07, 6.45) is 3.09. The first kappa shape index (κ1) is 17.0. The molecule has 0 aliphatic carbocycles. The van der Waals surface area contributed by atoms with Gasteiger partial charge in [0.15, 0.2) is 5.75 Å². The molecule has 1 aromatic carbocycles. The fourth-order valence-corrected chi connectivity index (χ4v) is 3.28. The summed E-state index contributed by atoms with van der Waals surface area (Å²) in [5.41, 5.74) is 1.37. The molecule has 1 saturated heterocycles. The van der Waals surface area contributed by atoms with Crippen LogP contribution < -0.4 is 4.74 Å². The minimum atomic E-state index is -0.562. The monoisotopic (exact) mass is 372 g/mol. The van der Waals surface area contributed by atoms with Crippen molar-refractivity contribution in [3.8, 4) is 5.75 Å². The first-order chi connectivity index (χ1) is 12.7. The molecule has 0 bridgehead atoms. The van der Waals surface area contributed by atoms with E-state index in [0.29, 0.717) is 36.0 Å². The van der Waals surface area contributed by atoms with Gasteiger partial charge in [0.25, 0.3) is 0 Å². The van der Waals surface area contributed by atoms with Gasteiger partial charge in [0.2, 0.25) is 5.76 Å². The molecule has 0 radical (unpaired) electrons. The number of morpholine rings is 1. The van der Waals surface area contributed by atoms with Crippen LogP contribution in [0.2, 0.25) is 5.02 Å². The first-order valence-corrected chi connectivity index (χ1v) is 8.72. The minimum absolute atomic E-state index is 0.140. The summed E-state index contributed by atoms with van der Waals surface area (Å²) in [5.74, 6) is -0.00764. The standard InChI is InChI=1S/C19H17ClN2O4/c20-15-11-13(12-22-6-9-24-10-7-22)18(17-14(15)3-1-5-21-17)26-19(23)16-4-2-8-25-16/h1-5,8,11H,6-7,9-10,12H2. The number of benzene rings is 1. The molecular formula is C19H17ClN2O4. The zero-order chi connectivity index (χ0) is 17.9. The van der Waals surface area contributed by atoms with E-state index >= 15 is 0 Å². The quantitative estimate of drug-likeness (QED) is 0.515. The Labute approximate surface area is 155 Å². The summed E-state index contributed by atoms with van der Waals surface area (Å²) in [4.78, 5) is 19.1. The van der Waals surface area contributed by atoms with Crippen LogP contribution in [0.1, 0.15) is 16.1 Å². The van der Waals surface area contributed by atoms with Gasteiger partial charge < -0.3 is 13.9 Å². The highest BCUT2D eigenvalue weighted by Gasteiger charge is 2.21. The van der Waals surface area contributed by atoms with Crippen LogP contribution >= 0.6 is 11.6 Å². The third-order valence-corrected chi connectivity index (χ3v) is 4.60. The summed E-state index contributed by atoms with van der Waals surface area (Å²) in [6.45, 7) is 3.57. The number of hydrogen-bond acceptors (Lipinski definition) is 6. The van der Waals surface area contributed by atoms with Crippen molar-refractivity contribution in [3.05, 3.63) is 59.1 Å². The molecule has 1 aliphatic heterocycles. The predicted molar refractivity (Wildman–Crippen MR) is 96.5 cm³/mol. The van der Waals surface area contributed by atoms with Crippen LogP contribution in [-0.4, -0.2) is 42.2 Å². The zero-order valence-corrected chi connectivity index (χ0v) is 14.7. The number of rotatable bonds is 4. The van der Waals surface area contributed by atoms with Gasteiger partial charge in [0.05, 0.1) is 24.5 Å². The van der Waals surface area contributed by atoms with Crippen LogP contribution in [-0.2, 0) is 11.3 Å². The third kappa shape index (κ3) is 3.44. The summed E-state index contributed by atoms with van der Waals surface area (Å²) < 4.78 is 16.2. The lowest BCUT2D eigenvalue weighted by molar-refractivity contribution is 0.0337. The van der Waals surface area contributed by atoms with Gasteiger partial charge in [0.1, 0.15) is 5.52 Å². The van der Waals surface area contributed by atoms with E-state index in [0.717, 1.165) is 24.0 Å². The Morgan fingerprint density at radius 1 is 1.27 bits per heavy atom. The average molecular weight is 373 g/mol. The molecule has 0 amide bonds. The highest BCUT2D eigenvalue weighted by atomic mass is 35.5. The fraction of sp³-hybridized carbons (Fsp3) is 0.263. The third-order valence-electron chi connectivity index (χ3n) is 4.29. The largest absolute Gasteiger partial charge is 0.457 e. The van der Waals surface area contributed by atoms with Crippen LogP contribution in [0.5, 0.6) is 5.75 Å². The Hall–Kier alpha value is -2.41. The van der Waals surface area contributed by atoms with E-state index < -0.39 is 5.97 Å². The lowest BCUT2D eigenvalue weighted by atomic mass is 10.1. The molecule has 0 spiro atoms. The number of carbonyl (C=O) groups excluding carboxylic acids is 1. The molecule has 0 N–H and O–H groups in total. The summed E-state index contributed by atoms with van der Waals surface area (Å²) in [6, 6.07) is 8.70. The van der Waals surface area contributed by atoms with E-state index in [1.165, 1.54) is 6.26 Å². The summed E-state index contributed by atoms with van der Waals surface area (Å²) in [7, 11) is 0. The molecule has 0 atom stereocenters. The fourth-order valence-electron chi connectivity index (χ4n) is 3.00. The van der Waals surface area contributed by atoms with Gasteiger partial charge in [-0.1, -0.05) is 11.6 Å². The lowest BCUT2D eigenvalue weighted by Gasteiger charge is -2.27.